The van der Waals surface area contributed by atoms with E-state index in [1.165, 1.54) is 22.9 Å². The smallest absolute Gasteiger partial charge is 0.285 e. The maximum absolute atomic E-state index is 11.8. The van der Waals surface area contributed by atoms with Gasteiger partial charge in [-0.2, -0.15) is 0 Å². The highest BCUT2D eigenvalue weighted by molar-refractivity contribution is 5.94. The zero-order chi connectivity index (χ0) is 16.7. The molecule has 1 N–H and O–H groups in total. The van der Waals surface area contributed by atoms with E-state index in [4.69, 9.17) is 0 Å². The maximum Gasteiger partial charge on any atom is 0.285 e. The zero-order valence-electron chi connectivity index (χ0n) is 12.5. The second kappa shape index (κ2) is 7.88. The molecule has 1 amide bonds. The molecule has 2 rings (SSSR count). The van der Waals surface area contributed by atoms with Crippen molar-refractivity contribution in [2.24, 2.45) is 0 Å². The van der Waals surface area contributed by atoms with Gasteiger partial charge in [-0.05, 0) is 25.0 Å². The van der Waals surface area contributed by atoms with Crippen molar-refractivity contribution in [1.82, 2.24) is 9.88 Å². The van der Waals surface area contributed by atoms with E-state index in [2.05, 4.69) is 5.32 Å². The Bertz CT molecular complexity index is 740. The Morgan fingerprint density at radius 1 is 1.13 bits per heavy atom. The van der Waals surface area contributed by atoms with Crippen molar-refractivity contribution in [2.45, 2.75) is 19.4 Å². The van der Waals surface area contributed by atoms with Crippen molar-refractivity contribution in [1.29, 1.82) is 0 Å². The van der Waals surface area contributed by atoms with Gasteiger partial charge < -0.3 is 9.88 Å². The van der Waals surface area contributed by atoms with Gasteiger partial charge in [-0.15, -0.1) is 0 Å². The summed E-state index contributed by atoms with van der Waals surface area (Å²) in [6.07, 6.45) is 2.55. The molecule has 1 aromatic heterocycles. The molecule has 120 valence electrons. The fraction of sp³-hybridized carbons (Fsp3) is 0.250. The van der Waals surface area contributed by atoms with Crippen LogP contribution in [0, 0.1) is 10.1 Å². The van der Waals surface area contributed by atoms with Gasteiger partial charge in [-0.25, -0.2) is 0 Å². The van der Waals surface area contributed by atoms with Gasteiger partial charge in [0.15, 0.2) is 0 Å². The average molecular weight is 315 g/mol. The summed E-state index contributed by atoms with van der Waals surface area (Å²) < 4.78 is 1.32. The van der Waals surface area contributed by atoms with Gasteiger partial charge in [-0.3, -0.25) is 19.7 Å². The number of amides is 1. The van der Waals surface area contributed by atoms with Gasteiger partial charge in [0, 0.05) is 30.8 Å². The van der Waals surface area contributed by atoms with E-state index in [0.717, 1.165) is 0 Å². The zero-order valence-corrected chi connectivity index (χ0v) is 12.5. The van der Waals surface area contributed by atoms with Crippen LogP contribution in [0.15, 0.2) is 53.5 Å². The normalized spacial score (nSPS) is 10.3. The molecule has 0 atom stereocenters. The number of carbonyl (C=O) groups excluding carboxylic acids is 1. The lowest BCUT2D eigenvalue weighted by molar-refractivity contribution is -0.385. The predicted octanol–water partition coefficient (Wildman–Crippen LogP) is 1.97. The van der Waals surface area contributed by atoms with Crippen LogP contribution in [0.3, 0.4) is 0 Å². The molecular formula is C16H17N3O4. The standard InChI is InChI=1S/C16H17N3O4/c20-15-9-8-14(19(22)23)12-18(15)11-5-4-10-17-16(21)13-6-2-1-3-7-13/h1-3,6-9,12H,4-5,10-11H2,(H,17,21). The van der Waals surface area contributed by atoms with Gasteiger partial charge in [0.1, 0.15) is 0 Å². The van der Waals surface area contributed by atoms with E-state index >= 15 is 0 Å². The number of benzene rings is 1. The number of aromatic nitrogens is 1. The van der Waals surface area contributed by atoms with Crippen LogP contribution >= 0.6 is 0 Å². The first-order valence-corrected chi connectivity index (χ1v) is 7.26. The van der Waals surface area contributed by atoms with E-state index in [0.29, 0.717) is 31.5 Å². The van der Waals surface area contributed by atoms with Gasteiger partial charge in [0.25, 0.3) is 17.2 Å². The molecule has 1 aromatic carbocycles. The Labute approximate surface area is 132 Å². The third-order valence-electron chi connectivity index (χ3n) is 3.33. The number of nitrogens with one attached hydrogen (secondary N) is 1. The minimum absolute atomic E-state index is 0.109. The fourth-order valence-corrected chi connectivity index (χ4v) is 2.10. The van der Waals surface area contributed by atoms with Crippen LogP contribution in [0.25, 0.3) is 0 Å². The first-order valence-electron chi connectivity index (χ1n) is 7.26. The van der Waals surface area contributed by atoms with Gasteiger partial charge in [0.05, 0.1) is 11.1 Å². The number of nitro groups is 1. The number of unbranched alkanes of at least 4 members (excludes halogenated alkanes) is 1. The van der Waals surface area contributed by atoms with E-state index in [1.54, 1.807) is 24.3 Å². The summed E-state index contributed by atoms with van der Waals surface area (Å²) in [5.74, 6) is -0.141. The summed E-state index contributed by atoms with van der Waals surface area (Å²) >= 11 is 0. The summed E-state index contributed by atoms with van der Waals surface area (Å²) in [4.78, 5) is 33.6. The number of hydrogen-bond donors (Lipinski definition) is 1. The van der Waals surface area contributed by atoms with Crippen LogP contribution in [0.2, 0.25) is 0 Å². The Hall–Kier alpha value is -2.96. The molecule has 0 aliphatic heterocycles. The van der Waals surface area contributed by atoms with E-state index in [9.17, 15) is 19.7 Å². The first-order chi connectivity index (χ1) is 11.1. The molecule has 7 nitrogen and oxygen atoms in total. The molecule has 0 saturated heterocycles. The Balaban J connectivity index is 1.78. The van der Waals surface area contributed by atoms with Crippen molar-refractivity contribution >= 4 is 11.6 Å². The highest BCUT2D eigenvalue weighted by Crippen LogP contribution is 2.07. The summed E-state index contributed by atoms with van der Waals surface area (Å²) in [6, 6.07) is 11.3. The van der Waals surface area contributed by atoms with Crippen molar-refractivity contribution in [2.75, 3.05) is 6.54 Å². The molecule has 7 heteroatoms. The topological polar surface area (TPSA) is 94.2 Å². The Kier molecular flexibility index (Phi) is 5.62. The lowest BCUT2D eigenvalue weighted by Crippen LogP contribution is -2.25. The molecule has 0 fully saturated rings. The van der Waals surface area contributed by atoms with Crippen LogP contribution in [0.5, 0.6) is 0 Å². The van der Waals surface area contributed by atoms with E-state index in [1.807, 2.05) is 6.07 Å². The molecule has 0 radical (unpaired) electrons. The number of pyridine rings is 1. The van der Waals surface area contributed by atoms with Gasteiger partial charge in [-0.1, -0.05) is 18.2 Å². The number of nitrogens with zero attached hydrogens (tertiary/aromatic N) is 2. The molecule has 0 aliphatic rings. The molecule has 0 aliphatic carbocycles. The molecule has 0 bridgehead atoms. The molecule has 23 heavy (non-hydrogen) atoms. The summed E-state index contributed by atoms with van der Waals surface area (Å²) in [6.45, 7) is 0.860. The predicted molar refractivity (Wildman–Crippen MR) is 85.4 cm³/mol. The van der Waals surface area contributed by atoms with Crippen LogP contribution in [-0.4, -0.2) is 21.9 Å². The fourth-order valence-electron chi connectivity index (χ4n) is 2.10. The van der Waals surface area contributed by atoms with Crippen molar-refractivity contribution < 1.29 is 9.72 Å². The maximum atomic E-state index is 11.8. The highest BCUT2D eigenvalue weighted by atomic mass is 16.6. The summed E-state index contributed by atoms with van der Waals surface area (Å²) in [5.41, 5.74) is 0.216. The lowest BCUT2D eigenvalue weighted by Gasteiger charge is -2.07. The number of carbonyl (C=O) groups is 1. The minimum atomic E-state index is -0.532. The van der Waals surface area contributed by atoms with Crippen LogP contribution in [0.1, 0.15) is 23.2 Å². The van der Waals surface area contributed by atoms with Crippen LogP contribution in [-0.2, 0) is 6.54 Å². The van der Waals surface area contributed by atoms with Gasteiger partial charge in [0.2, 0.25) is 0 Å². The van der Waals surface area contributed by atoms with Crippen LogP contribution < -0.4 is 10.9 Å². The quantitative estimate of drug-likeness (QED) is 0.480. The summed E-state index contributed by atoms with van der Waals surface area (Å²) in [7, 11) is 0. The molecule has 0 unspecified atom stereocenters. The second-order valence-corrected chi connectivity index (χ2v) is 5.01. The Morgan fingerprint density at radius 3 is 2.57 bits per heavy atom. The van der Waals surface area contributed by atoms with E-state index in [-0.39, 0.29) is 17.2 Å². The van der Waals surface area contributed by atoms with Crippen molar-refractivity contribution in [3.8, 4) is 0 Å². The Morgan fingerprint density at radius 2 is 1.87 bits per heavy atom. The molecule has 1 heterocycles. The molecule has 2 aromatic rings. The number of aryl methyl sites for hydroxylation is 1. The second-order valence-electron chi connectivity index (χ2n) is 5.01. The lowest BCUT2D eigenvalue weighted by atomic mass is 10.2. The molecule has 0 spiro atoms. The average Bonchev–Trinajstić information content (AvgIpc) is 2.56. The number of hydrogen-bond acceptors (Lipinski definition) is 4. The van der Waals surface area contributed by atoms with Crippen molar-refractivity contribution in [3.05, 3.63) is 74.7 Å². The monoisotopic (exact) mass is 315 g/mol. The molecular weight excluding hydrogens is 298 g/mol. The van der Waals surface area contributed by atoms with E-state index < -0.39 is 4.92 Å². The minimum Gasteiger partial charge on any atom is -0.352 e. The van der Waals surface area contributed by atoms with Crippen molar-refractivity contribution in [3.63, 3.8) is 0 Å². The SMILES string of the molecule is O=C(NCCCCn1cc([N+](=O)[O-])ccc1=O)c1ccccc1. The van der Waals surface area contributed by atoms with Gasteiger partial charge >= 0.3 is 0 Å². The highest BCUT2D eigenvalue weighted by Gasteiger charge is 2.07. The van der Waals surface area contributed by atoms with Crippen LogP contribution in [0.4, 0.5) is 5.69 Å². The third kappa shape index (κ3) is 4.77. The first kappa shape index (κ1) is 16.4. The largest absolute Gasteiger partial charge is 0.352 e. The summed E-state index contributed by atoms with van der Waals surface area (Å²) in [5, 5.41) is 13.5. The third-order valence-corrected chi connectivity index (χ3v) is 3.33. The number of rotatable bonds is 7. The molecule has 0 saturated carbocycles.